The van der Waals surface area contributed by atoms with Crippen LogP contribution in [0.25, 0.3) is 0 Å². The molecule has 52 heavy (non-hydrogen) atoms. The maximum Gasteiger partial charge on any atom is 0.387 e. The Morgan fingerprint density at radius 2 is 1.62 bits per heavy atom. The zero-order valence-electron chi connectivity index (χ0n) is 28.7. The Kier molecular flexibility index (Phi) is 12.6. The van der Waals surface area contributed by atoms with E-state index in [4.69, 9.17) is 46.9 Å². The van der Waals surface area contributed by atoms with Crippen molar-refractivity contribution in [1.82, 2.24) is 4.90 Å². The number of nitrogens with zero attached hydrogens (tertiary/aromatic N) is 2. The topological polar surface area (TPSA) is 118 Å². The predicted octanol–water partition coefficient (Wildman–Crippen LogP) is 6.23. The second kappa shape index (κ2) is 17.1. The average molecular weight is 786 g/mol. The van der Waals surface area contributed by atoms with Gasteiger partial charge in [-0.15, -0.1) is 0 Å². The number of anilines is 1. The summed E-state index contributed by atoms with van der Waals surface area (Å²) in [5.41, 5.74) is 1.33. The number of esters is 1. The van der Waals surface area contributed by atoms with Crippen LogP contribution in [0.15, 0.2) is 48.8 Å². The highest BCUT2D eigenvalue weighted by Crippen LogP contribution is 2.39. The molecule has 0 amide bonds. The van der Waals surface area contributed by atoms with E-state index >= 15 is 0 Å². The zero-order chi connectivity index (χ0) is 36.8. The molecule has 282 valence electrons. The highest BCUT2D eigenvalue weighted by atomic mass is 35.5. The molecule has 2 saturated carbocycles. The number of hydrogen-bond acceptors (Lipinski definition) is 9. The summed E-state index contributed by atoms with van der Waals surface area (Å²) < 4.78 is 82.3. The summed E-state index contributed by atoms with van der Waals surface area (Å²) in [6.45, 7) is 0.855. The van der Waals surface area contributed by atoms with Gasteiger partial charge >= 0.3 is 12.6 Å². The lowest BCUT2D eigenvalue weighted by Crippen LogP contribution is -2.43. The molecule has 2 aliphatic carbocycles. The van der Waals surface area contributed by atoms with Crippen LogP contribution in [-0.4, -0.2) is 84.8 Å². The number of alkyl halides is 2. The highest BCUT2D eigenvalue weighted by molar-refractivity contribution is 7.92. The Morgan fingerprint density at radius 1 is 0.962 bits per heavy atom. The van der Waals surface area contributed by atoms with Crippen molar-refractivity contribution in [2.75, 3.05) is 63.2 Å². The molecular weight excluding hydrogens is 743 g/mol. The quantitative estimate of drug-likeness (QED) is 0.139. The van der Waals surface area contributed by atoms with Crippen LogP contribution in [0, 0.1) is 11.8 Å². The molecule has 0 bridgehead atoms. The second-order valence-electron chi connectivity index (χ2n) is 13.3. The molecule has 0 radical (unpaired) electrons. The van der Waals surface area contributed by atoms with Crippen molar-refractivity contribution in [1.29, 1.82) is 0 Å². The van der Waals surface area contributed by atoms with Crippen LogP contribution in [0.1, 0.15) is 53.3 Å². The number of carbonyl (C=O) groups excluding carboxylic acids is 1. The van der Waals surface area contributed by atoms with Crippen LogP contribution in [0.5, 0.6) is 17.2 Å². The number of sulfonamides is 1. The Balaban J connectivity index is 1.31. The summed E-state index contributed by atoms with van der Waals surface area (Å²) in [6, 6.07) is 8.98. The largest absolute Gasteiger partial charge is 0.492 e. The SMILES string of the molecule is CS(=O)(=O)N(CCN1CCOCC1)c1ccc(C(=O)O[C@@H](Cc2c(Cl)c[nH+]cc2Cl)c2ccc(OC(F)F)c(OCC3CC3)c2)c(OCC2CC2)c1. The molecule has 2 heterocycles. The van der Waals surface area contributed by atoms with E-state index in [-0.39, 0.29) is 35.8 Å². The lowest BCUT2D eigenvalue weighted by molar-refractivity contribution is -0.377. The Hall–Kier alpha value is -3.43. The molecule has 3 aromatic rings. The van der Waals surface area contributed by atoms with Crippen LogP contribution in [0.3, 0.4) is 0 Å². The van der Waals surface area contributed by atoms with E-state index in [1.165, 1.54) is 28.6 Å². The molecule has 1 N–H and O–H groups in total. The molecule has 0 spiro atoms. The first-order valence-corrected chi connectivity index (χ1v) is 19.9. The van der Waals surface area contributed by atoms with Gasteiger partial charge in [-0.1, -0.05) is 29.3 Å². The van der Waals surface area contributed by atoms with Gasteiger partial charge < -0.3 is 23.7 Å². The van der Waals surface area contributed by atoms with Gasteiger partial charge in [-0.05, 0) is 67.3 Å². The molecule has 1 aliphatic heterocycles. The third-order valence-corrected chi connectivity index (χ3v) is 11.0. The standard InChI is InChI=1S/C36H41Cl2F2N3O8S/c1-52(45,46)43(11-10-42-12-14-47-15-13-42)26-7-8-27(33(17-26)48-21-23-2-3-23)35(44)50-32(18-28-29(37)19-41-20-30(28)38)25-6-9-31(51-36(39)40)34(16-25)49-22-24-4-5-24/h6-9,16-17,19-20,23-24,32,36H,2-5,10-15,18,21-22H2,1H3/p+1/t32-/m0/s1. The summed E-state index contributed by atoms with van der Waals surface area (Å²) in [5.74, 6) is 0.00221. The third kappa shape index (κ3) is 10.6. The summed E-state index contributed by atoms with van der Waals surface area (Å²) in [7, 11) is -3.70. The normalized spacial score (nSPS) is 17.1. The second-order valence-corrected chi connectivity index (χ2v) is 16.0. The first-order chi connectivity index (χ1) is 24.9. The van der Waals surface area contributed by atoms with E-state index < -0.39 is 28.7 Å². The Bertz CT molecular complexity index is 1800. The first kappa shape index (κ1) is 38.3. The van der Waals surface area contributed by atoms with E-state index in [2.05, 4.69) is 9.88 Å². The Morgan fingerprint density at radius 3 is 2.23 bits per heavy atom. The zero-order valence-corrected chi connectivity index (χ0v) is 31.0. The van der Waals surface area contributed by atoms with Gasteiger partial charge in [0.05, 0.1) is 38.4 Å². The minimum Gasteiger partial charge on any atom is -0.492 e. The molecule has 11 nitrogen and oxygen atoms in total. The molecule has 1 aromatic heterocycles. The maximum atomic E-state index is 14.1. The lowest BCUT2D eigenvalue weighted by Gasteiger charge is -2.30. The third-order valence-electron chi connectivity index (χ3n) is 9.13. The van der Waals surface area contributed by atoms with Gasteiger partial charge in [0.1, 0.15) is 27.5 Å². The summed E-state index contributed by atoms with van der Waals surface area (Å²) in [4.78, 5) is 19.1. The number of carbonyl (C=O) groups is 1. The number of aromatic nitrogens is 1. The number of rotatable bonds is 18. The molecule has 0 unspecified atom stereocenters. The van der Waals surface area contributed by atoms with Crippen molar-refractivity contribution in [3.63, 3.8) is 0 Å². The number of benzene rings is 2. The monoisotopic (exact) mass is 784 g/mol. The van der Waals surface area contributed by atoms with Crippen molar-refractivity contribution in [3.05, 3.63) is 75.5 Å². The number of morpholine rings is 1. The number of H-pyrrole nitrogens is 1. The van der Waals surface area contributed by atoms with Crippen molar-refractivity contribution in [2.24, 2.45) is 11.8 Å². The number of ether oxygens (including phenoxy) is 5. The van der Waals surface area contributed by atoms with Gasteiger partial charge in [-0.3, -0.25) is 9.21 Å². The lowest BCUT2D eigenvalue weighted by atomic mass is 10.0. The van der Waals surface area contributed by atoms with Gasteiger partial charge in [-0.2, -0.15) is 8.78 Å². The van der Waals surface area contributed by atoms with Crippen LogP contribution >= 0.6 is 23.2 Å². The smallest absolute Gasteiger partial charge is 0.387 e. The fourth-order valence-corrected chi connectivity index (χ4v) is 7.23. The molecule has 3 aliphatic rings. The van der Waals surface area contributed by atoms with E-state index in [1.54, 1.807) is 24.5 Å². The maximum absolute atomic E-state index is 14.1. The molecule has 2 aromatic carbocycles. The van der Waals surface area contributed by atoms with E-state index in [9.17, 15) is 22.0 Å². The van der Waals surface area contributed by atoms with Crippen LogP contribution in [0.4, 0.5) is 14.5 Å². The van der Waals surface area contributed by atoms with Crippen molar-refractivity contribution < 1.29 is 50.7 Å². The fourth-order valence-electron chi connectivity index (χ4n) is 5.79. The number of nitrogens with one attached hydrogen (secondary N) is 1. The van der Waals surface area contributed by atoms with Crippen molar-refractivity contribution in [3.8, 4) is 17.2 Å². The van der Waals surface area contributed by atoms with Gasteiger partial charge in [0.25, 0.3) is 0 Å². The van der Waals surface area contributed by atoms with E-state index in [0.29, 0.717) is 84.8 Å². The van der Waals surface area contributed by atoms with Crippen LogP contribution in [-0.2, 0) is 25.9 Å². The molecular formula is C36H42Cl2F2N3O8S+. The number of pyridine rings is 1. The molecule has 16 heteroatoms. The molecule has 1 atom stereocenters. The van der Waals surface area contributed by atoms with Gasteiger partial charge in [0, 0.05) is 44.2 Å². The number of halogens is 4. The van der Waals surface area contributed by atoms with Gasteiger partial charge in [0.15, 0.2) is 23.9 Å². The summed E-state index contributed by atoms with van der Waals surface area (Å²) in [5, 5.41) is 0.597. The van der Waals surface area contributed by atoms with Crippen molar-refractivity contribution >= 4 is 44.9 Å². The van der Waals surface area contributed by atoms with E-state index in [1.807, 2.05) is 0 Å². The average Bonchev–Trinajstić information content (AvgIpc) is 4.04. The van der Waals surface area contributed by atoms with Crippen molar-refractivity contribution in [2.45, 2.75) is 44.8 Å². The minimum absolute atomic E-state index is 0.0228. The molecule has 3 fully saturated rings. The van der Waals surface area contributed by atoms with Gasteiger partial charge in [0.2, 0.25) is 10.0 Å². The van der Waals surface area contributed by atoms with Gasteiger partial charge in [-0.25, -0.2) is 18.2 Å². The molecule has 6 rings (SSSR count). The minimum atomic E-state index is -3.70. The van der Waals surface area contributed by atoms with Crippen LogP contribution < -0.4 is 23.5 Å². The number of hydrogen-bond donors (Lipinski definition) is 0. The first-order valence-electron chi connectivity index (χ1n) is 17.3. The fraction of sp³-hybridized carbons (Fsp3) is 0.500. The molecule has 1 saturated heterocycles. The summed E-state index contributed by atoms with van der Waals surface area (Å²) in [6.07, 6.45) is 7.16. The number of aromatic amines is 1. The van der Waals surface area contributed by atoms with Crippen LogP contribution in [0.2, 0.25) is 10.0 Å². The highest BCUT2D eigenvalue weighted by Gasteiger charge is 2.30. The predicted molar refractivity (Wildman–Crippen MR) is 190 cm³/mol. The Labute approximate surface area is 312 Å². The summed E-state index contributed by atoms with van der Waals surface area (Å²) >= 11 is 13.0. The van der Waals surface area contributed by atoms with E-state index in [0.717, 1.165) is 31.9 Å².